The van der Waals surface area contributed by atoms with E-state index < -0.39 is 30.3 Å². The van der Waals surface area contributed by atoms with Gasteiger partial charge in [-0.15, -0.1) is 0 Å². The number of hydrogen-bond donors (Lipinski definition) is 3. The lowest BCUT2D eigenvalue weighted by atomic mass is 9.89. The van der Waals surface area contributed by atoms with Gasteiger partial charge in [0.05, 0.1) is 12.0 Å². The number of carbonyl (C=O) groups excluding carboxylic acids is 2. The van der Waals surface area contributed by atoms with Crippen LogP contribution in [-0.4, -0.2) is 45.4 Å². The van der Waals surface area contributed by atoms with E-state index in [-0.39, 0.29) is 11.8 Å². The number of piperidine rings is 1. The second-order valence-corrected chi connectivity index (χ2v) is 7.55. The number of hydrogen-bond acceptors (Lipinski definition) is 6. The Bertz CT molecular complexity index is 849. The maximum atomic E-state index is 13.1. The monoisotopic (exact) mass is 384 g/mol. The normalized spacial score (nSPS) is 32.3. The maximum Gasteiger partial charge on any atom is 0.241 e. The second-order valence-electron chi connectivity index (χ2n) is 7.55. The molecule has 2 amide bonds. The van der Waals surface area contributed by atoms with Crippen molar-refractivity contribution < 1.29 is 24.5 Å². The number of fused-ring (bicyclic) bond motifs is 1. The molecule has 7 nitrogen and oxygen atoms in total. The van der Waals surface area contributed by atoms with Gasteiger partial charge in [-0.1, -0.05) is 42.0 Å². The summed E-state index contributed by atoms with van der Waals surface area (Å²) in [7, 11) is 0. The van der Waals surface area contributed by atoms with Gasteiger partial charge in [-0.25, -0.2) is 0 Å². The summed E-state index contributed by atoms with van der Waals surface area (Å²) in [6.07, 6.45) is 3.89. The first-order valence-electron chi connectivity index (χ1n) is 9.51. The topological polar surface area (TPSA) is 99.1 Å². The predicted octanol–water partition coefficient (Wildman–Crippen LogP) is 0.955. The van der Waals surface area contributed by atoms with E-state index in [4.69, 9.17) is 4.74 Å². The van der Waals surface area contributed by atoms with Gasteiger partial charge in [0.1, 0.15) is 30.7 Å². The fourth-order valence-electron chi connectivity index (χ4n) is 4.16. The highest BCUT2D eigenvalue weighted by molar-refractivity contribution is 6.07. The van der Waals surface area contributed by atoms with E-state index in [1.54, 1.807) is 18.2 Å². The number of allylic oxidation sites excluding steroid dienone is 2. The van der Waals surface area contributed by atoms with Gasteiger partial charge >= 0.3 is 0 Å². The van der Waals surface area contributed by atoms with Crippen molar-refractivity contribution in [2.75, 3.05) is 0 Å². The summed E-state index contributed by atoms with van der Waals surface area (Å²) in [5.41, 5.74) is 2.11. The lowest BCUT2D eigenvalue weighted by Crippen LogP contribution is -2.58. The molecule has 2 fully saturated rings. The molecule has 7 heteroatoms. The van der Waals surface area contributed by atoms with Crippen molar-refractivity contribution >= 4 is 11.8 Å². The first-order valence-corrected chi connectivity index (χ1v) is 9.51. The number of carbonyl (C=O) groups is 2. The Balaban J connectivity index is 1.52. The molecule has 2 aliphatic heterocycles. The third-order valence-electron chi connectivity index (χ3n) is 5.55. The molecule has 2 saturated heterocycles. The first kappa shape index (κ1) is 18.9. The van der Waals surface area contributed by atoms with Gasteiger partial charge < -0.3 is 14.9 Å². The first-order chi connectivity index (χ1) is 13.5. The third kappa shape index (κ3) is 3.37. The zero-order valence-corrected chi connectivity index (χ0v) is 15.6. The van der Waals surface area contributed by atoms with E-state index in [2.05, 4.69) is 5.32 Å². The van der Waals surface area contributed by atoms with Crippen LogP contribution < -0.4 is 5.32 Å². The van der Waals surface area contributed by atoms with Crippen LogP contribution >= 0.6 is 0 Å². The highest BCUT2D eigenvalue weighted by Gasteiger charge is 2.53. The van der Waals surface area contributed by atoms with Crippen LogP contribution in [0.25, 0.3) is 0 Å². The number of amides is 2. The van der Waals surface area contributed by atoms with Gasteiger partial charge in [-0.2, -0.15) is 0 Å². The molecule has 5 atom stereocenters. The van der Waals surface area contributed by atoms with Gasteiger partial charge in [0.25, 0.3) is 0 Å². The van der Waals surface area contributed by atoms with Crippen LogP contribution in [0.5, 0.6) is 0 Å². The Hall–Kier alpha value is -2.48. The molecular weight excluding hydrogens is 360 g/mol. The number of aliphatic hydroxyl groups excluding tert-OH is 2. The van der Waals surface area contributed by atoms with E-state index in [0.29, 0.717) is 25.2 Å². The lowest BCUT2D eigenvalue weighted by molar-refractivity contribution is -0.149. The zero-order chi connectivity index (χ0) is 19.8. The Morgan fingerprint density at radius 2 is 2.04 bits per heavy atom. The standard InChI is InChI=1S/C21H24N2O5/c1-12-4-2-5-13(10-12)11-28-16-7-3-6-14-18(16)21(27)23(20(14)26)15-8-9-17(24)22-19(15)25/h2-7,10,14-15,17-19,22,24-25H,8-9,11H2,1H3. The number of nitrogens with zero attached hydrogens (tertiary/aromatic N) is 1. The number of nitrogens with one attached hydrogen (secondary N) is 1. The highest BCUT2D eigenvalue weighted by atomic mass is 16.5. The molecule has 0 aromatic heterocycles. The largest absolute Gasteiger partial charge is 0.492 e. The van der Waals surface area contributed by atoms with E-state index >= 15 is 0 Å². The predicted molar refractivity (Wildman–Crippen MR) is 100 cm³/mol. The van der Waals surface area contributed by atoms with Crippen LogP contribution in [0.1, 0.15) is 24.0 Å². The molecular formula is C21H24N2O5. The van der Waals surface area contributed by atoms with Crippen LogP contribution in [-0.2, 0) is 20.9 Å². The van der Waals surface area contributed by atoms with Gasteiger partial charge in [0, 0.05) is 0 Å². The molecule has 1 aromatic carbocycles. The van der Waals surface area contributed by atoms with Crippen LogP contribution in [0.3, 0.4) is 0 Å². The average Bonchev–Trinajstić information content (AvgIpc) is 2.92. The molecule has 1 aromatic rings. The number of rotatable bonds is 4. The Morgan fingerprint density at radius 1 is 1.21 bits per heavy atom. The van der Waals surface area contributed by atoms with E-state index in [9.17, 15) is 19.8 Å². The minimum atomic E-state index is -1.15. The summed E-state index contributed by atoms with van der Waals surface area (Å²) in [5, 5.41) is 22.4. The molecule has 28 heavy (non-hydrogen) atoms. The summed E-state index contributed by atoms with van der Waals surface area (Å²) >= 11 is 0. The number of aryl methyl sites for hydroxylation is 1. The van der Waals surface area contributed by atoms with Crippen LogP contribution in [0.4, 0.5) is 0 Å². The molecule has 148 valence electrons. The highest BCUT2D eigenvalue weighted by Crippen LogP contribution is 2.39. The molecule has 3 aliphatic rings. The molecule has 1 aliphatic carbocycles. The quantitative estimate of drug-likeness (QED) is 0.669. The van der Waals surface area contributed by atoms with Crippen LogP contribution in [0, 0.1) is 18.8 Å². The summed E-state index contributed by atoms with van der Waals surface area (Å²) in [5.74, 6) is -1.56. The molecule has 0 saturated carbocycles. The van der Waals surface area contributed by atoms with Crippen LogP contribution in [0.15, 0.2) is 48.3 Å². The molecule has 3 N–H and O–H groups in total. The molecule has 0 spiro atoms. The fourth-order valence-corrected chi connectivity index (χ4v) is 4.16. The number of benzene rings is 1. The molecule has 5 unspecified atom stereocenters. The van der Waals surface area contributed by atoms with Crippen LogP contribution in [0.2, 0.25) is 0 Å². The summed E-state index contributed by atoms with van der Waals surface area (Å²) in [6.45, 7) is 2.31. The third-order valence-corrected chi connectivity index (χ3v) is 5.55. The van der Waals surface area contributed by atoms with Gasteiger partial charge in [0.2, 0.25) is 11.8 Å². The summed E-state index contributed by atoms with van der Waals surface area (Å²) < 4.78 is 5.93. The van der Waals surface area contributed by atoms with E-state index in [1.807, 2.05) is 31.2 Å². The van der Waals surface area contributed by atoms with Gasteiger partial charge in [-0.3, -0.25) is 19.8 Å². The van der Waals surface area contributed by atoms with E-state index in [1.165, 1.54) is 0 Å². The zero-order valence-electron chi connectivity index (χ0n) is 15.6. The van der Waals surface area contributed by atoms with Crippen molar-refractivity contribution in [3.8, 4) is 0 Å². The SMILES string of the molecule is Cc1cccc(COC2=CC=CC3C(=O)N(C4CCC(O)NC4O)C(=O)C23)c1. The van der Waals surface area contributed by atoms with Crippen molar-refractivity contribution in [2.24, 2.45) is 11.8 Å². The smallest absolute Gasteiger partial charge is 0.241 e. The van der Waals surface area contributed by atoms with Crippen molar-refractivity contribution in [2.45, 2.75) is 44.9 Å². The molecule has 0 radical (unpaired) electrons. The van der Waals surface area contributed by atoms with Crippen molar-refractivity contribution in [3.05, 3.63) is 59.4 Å². The summed E-state index contributed by atoms with van der Waals surface area (Å²) in [6, 6.07) is 7.22. The number of aliphatic hydroxyl groups is 2. The molecule has 4 rings (SSSR count). The number of imide groups is 1. The number of likely N-dealkylation sites (tertiary alicyclic amines) is 1. The second kappa shape index (κ2) is 7.50. The van der Waals surface area contributed by atoms with Gasteiger partial charge in [-0.05, 0) is 31.4 Å². The number of ether oxygens (including phenoxy) is 1. The minimum absolute atomic E-state index is 0.311. The Morgan fingerprint density at radius 3 is 2.79 bits per heavy atom. The van der Waals surface area contributed by atoms with Crippen molar-refractivity contribution in [1.82, 2.24) is 10.2 Å². The van der Waals surface area contributed by atoms with Crippen molar-refractivity contribution in [3.63, 3.8) is 0 Å². The average molecular weight is 384 g/mol. The fraction of sp³-hybridized carbons (Fsp3) is 0.429. The Labute approximate surface area is 163 Å². The van der Waals surface area contributed by atoms with Crippen molar-refractivity contribution in [1.29, 1.82) is 0 Å². The van der Waals surface area contributed by atoms with E-state index in [0.717, 1.165) is 16.0 Å². The summed E-state index contributed by atoms with van der Waals surface area (Å²) in [4.78, 5) is 27.2. The maximum absolute atomic E-state index is 13.1. The molecule has 2 heterocycles. The molecule has 0 bridgehead atoms. The lowest BCUT2D eigenvalue weighted by Gasteiger charge is -2.36. The minimum Gasteiger partial charge on any atom is -0.492 e. The van der Waals surface area contributed by atoms with Gasteiger partial charge in [0.15, 0.2) is 0 Å². The Kier molecular flexibility index (Phi) is 5.05.